The van der Waals surface area contributed by atoms with E-state index in [-0.39, 0.29) is 10.8 Å². The molecule has 4 rings (SSSR count). The summed E-state index contributed by atoms with van der Waals surface area (Å²) in [6.07, 6.45) is 0.695. The summed E-state index contributed by atoms with van der Waals surface area (Å²) in [4.78, 5) is 0. The van der Waals surface area contributed by atoms with Gasteiger partial charge in [-0.1, -0.05) is 102 Å². The highest BCUT2D eigenvalue weighted by atomic mass is 16.5. The number of rotatable bonds is 2. The first-order chi connectivity index (χ1) is 14.0. The molecule has 3 aromatic carbocycles. The largest absolute Gasteiger partial charge is 0.507 e. The molecular formula is C28H32O2. The van der Waals surface area contributed by atoms with Crippen molar-refractivity contribution in [2.24, 2.45) is 0 Å². The fraction of sp³-hybridized carbons (Fsp3) is 0.357. The molecule has 0 aromatic heterocycles. The van der Waals surface area contributed by atoms with Crippen LogP contribution in [-0.4, -0.2) is 5.11 Å². The lowest BCUT2D eigenvalue weighted by Gasteiger charge is -2.30. The number of aromatic hydroxyl groups is 1. The summed E-state index contributed by atoms with van der Waals surface area (Å²) in [6, 6.07) is 22.9. The molecule has 0 unspecified atom stereocenters. The fourth-order valence-corrected chi connectivity index (χ4v) is 4.71. The lowest BCUT2D eigenvalue weighted by Crippen LogP contribution is -2.33. The van der Waals surface area contributed by atoms with Gasteiger partial charge in [0.1, 0.15) is 11.5 Å². The van der Waals surface area contributed by atoms with Gasteiger partial charge >= 0.3 is 0 Å². The van der Waals surface area contributed by atoms with Gasteiger partial charge in [-0.3, -0.25) is 0 Å². The molecule has 2 heteroatoms. The normalized spacial score (nSPS) is 15.5. The number of ether oxygens (including phenoxy) is 1. The van der Waals surface area contributed by atoms with E-state index in [9.17, 15) is 5.11 Å². The Labute approximate surface area is 180 Å². The third kappa shape index (κ3) is 3.29. The van der Waals surface area contributed by atoms with Crippen LogP contribution in [0.25, 0.3) is 0 Å². The molecule has 0 spiro atoms. The summed E-state index contributed by atoms with van der Waals surface area (Å²) in [5.74, 6) is 1.30. The van der Waals surface area contributed by atoms with Crippen molar-refractivity contribution in [2.45, 2.75) is 64.4 Å². The lowest BCUT2D eigenvalue weighted by molar-refractivity contribution is 0.140. The molecule has 0 radical (unpaired) electrons. The Hall–Kier alpha value is -2.74. The highest BCUT2D eigenvalue weighted by Crippen LogP contribution is 2.53. The van der Waals surface area contributed by atoms with Crippen molar-refractivity contribution >= 4 is 0 Å². The van der Waals surface area contributed by atoms with Crippen molar-refractivity contribution in [3.05, 3.63) is 94.5 Å². The van der Waals surface area contributed by atoms with Crippen molar-refractivity contribution in [1.82, 2.24) is 0 Å². The molecule has 3 aromatic rings. The Morgan fingerprint density at radius 1 is 0.767 bits per heavy atom. The van der Waals surface area contributed by atoms with Crippen LogP contribution in [0.5, 0.6) is 11.5 Å². The minimum absolute atomic E-state index is 0.187. The predicted octanol–water partition coefficient (Wildman–Crippen LogP) is 6.87. The molecule has 1 aliphatic heterocycles. The van der Waals surface area contributed by atoms with Crippen LogP contribution >= 0.6 is 0 Å². The minimum atomic E-state index is -0.603. The number of phenolic OH excluding ortho intramolecular Hbond substituents is 1. The van der Waals surface area contributed by atoms with Crippen molar-refractivity contribution in [2.75, 3.05) is 0 Å². The van der Waals surface area contributed by atoms with E-state index in [4.69, 9.17) is 4.74 Å². The van der Waals surface area contributed by atoms with Crippen LogP contribution in [0.3, 0.4) is 0 Å². The highest BCUT2D eigenvalue weighted by Gasteiger charge is 2.46. The topological polar surface area (TPSA) is 29.5 Å². The highest BCUT2D eigenvalue weighted by molar-refractivity contribution is 5.61. The van der Waals surface area contributed by atoms with Crippen LogP contribution in [0.2, 0.25) is 0 Å². The first kappa shape index (κ1) is 20.5. The van der Waals surface area contributed by atoms with E-state index in [2.05, 4.69) is 96.1 Å². The number of hydrogen-bond donors (Lipinski definition) is 1. The zero-order valence-corrected chi connectivity index (χ0v) is 18.9. The van der Waals surface area contributed by atoms with Gasteiger partial charge in [0.2, 0.25) is 0 Å². The molecule has 156 valence electrons. The number of benzene rings is 3. The van der Waals surface area contributed by atoms with Gasteiger partial charge < -0.3 is 9.84 Å². The summed E-state index contributed by atoms with van der Waals surface area (Å²) < 4.78 is 6.88. The van der Waals surface area contributed by atoms with Crippen molar-refractivity contribution in [3.63, 3.8) is 0 Å². The molecule has 0 atom stereocenters. The summed E-state index contributed by atoms with van der Waals surface area (Å²) in [6.45, 7) is 12.9. The van der Waals surface area contributed by atoms with Gasteiger partial charge in [0, 0.05) is 34.2 Å². The summed E-state index contributed by atoms with van der Waals surface area (Å²) in [5, 5.41) is 11.4. The van der Waals surface area contributed by atoms with Crippen LogP contribution in [-0.2, 0) is 22.9 Å². The van der Waals surface area contributed by atoms with Crippen LogP contribution in [0.1, 0.15) is 69.4 Å². The second-order valence-corrected chi connectivity index (χ2v) is 10.5. The van der Waals surface area contributed by atoms with Crippen molar-refractivity contribution in [3.8, 4) is 11.5 Å². The van der Waals surface area contributed by atoms with E-state index < -0.39 is 5.60 Å². The molecule has 1 aliphatic rings. The molecule has 1 N–H and O–H groups in total. The van der Waals surface area contributed by atoms with Gasteiger partial charge in [-0.15, -0.1) is 0 Å². The van der Waals surface area contributed by atoms with Crippen LogP contribution < -0.4 is 4.74 Å². The van der Waals surface area contributed by atoms with Crippen LogP contribution in [0.4, 0.5) is 0 Å². The summed E-state index contributed by atoms with van der Waals surface area (Å²) >= 11 is 0. The van der Waals surface area contributed by atoms with Crippen molar-refractivity contribution in [1.29, 1.82) is 0 Å². The van der Waals surface area contributed by atoms with Gasteiger partial charge in [0.25, 0.3) is 0 Å². The van der Waals surface area contributed by atoms with Crippen LogP contribution in [0.15, 0.2) is 66.7 Å². The molecule has 0 aliphatic carbocycles. The first-order valence-corrected chi connectivity index (χ1v) is 10.7. The van der Waals surface area contributed by atoms with Gasteiger partial charge in [0.15, 0.2) is 5.60 Å². The van der Waals surface area contributed by atoms with Gasteiger partial charge in [-0.05, 0) is 16.9 Å². The Kier molecular flexibility index (Phi) is 4.73. The molecule has 0 saturated carbocycles. The number of fused-ring (bicyclic) bond motifs is 1. The van der Waals surface area contributed by atoms with E-state index in [1.165, 1.54) is 0 Å². The smallest absolute Gasteiger partial charge is 0.163 e. The average molecular weight is 401 g/mol. The second-order valence-electron chi connectivity index (χ2n) is 10.5. The Morgan fingerprint density at radius 2 is 1.27 bits per heavy atom. The fourth-order valence-electron chi connectivity index (χ4n) is 4.71. The maximum atomic E-state index is 11.4. The molecule has 0 amide bonds. The molecule has 2 nitrogen and oxygen atoms in total. The van der Waals surface area contributed by atoms with Gasteiger partial charge in [-0.2, -0.15) is 0 Å². The van der Waals surface area contributed by atoms with E-state index in [1.807, 2.05) is 12.1 Å². The number of phenols is 1. The van der Waals surface area contributed by atoms with Gasteiger partial charge in [0.05, 0.1) is 0 Å². The average Bonchev–Trinajstić information content (AvgIpc) is 3.07. The van der Waals surface area contributed by atoms with E-state index in [1.54, 1.807) is 0 Å². The monoisotopic (exact) mass is 400 g/mol. The molecule has 30 heavy (non-hydrogen) atoms. The third-order valence-electron chi connectivity index (χ3n) is 6.11. The molecule has 0 fully saturated rings. The number of hydrogen-bond acceptors (Lipinski definition) is 2. The second kappa shape index (κ2) is 6.91. The van der Waals surface area contributed by atoms with Crippen molar-refractivity contribution < 1.29 is 9.84 Å². The van der Waals surface area contributed by atoms with Crippen LogP contribution in [0, 0.1) is 0 Å². The SMILES string of the molecule is CC(C)(C)c1cc2c(c(C(C)(C)C)c1O)CC(c1ccccc1)(c1ccccc1)O2. The third-order valence-corrected chi connectivity index (χ3v) is 6.11. The molecule has 0 saturated heterocycles. The summed E-state index contributed by atoms with van der Waals surface area (Å²) in [5.41, 5.74) is 4.30. The Balaban J connectivity index is 2.00. The first-order valence-electron chi connectivity index (χ1n) is 10.7. The molecule has 1 heterocycles. The quantitative estimate of drug-likeness (QED) is 0.509. The zero-order valence-electron chi connectivity index (χ0n) is 18.9. The van der Waals surface area contributed by atoms with Gasteiger partial charge in [-0.25, -0.2) is 0 Å². The predicted molar refractivity (Wildman–Crippen MR) is 124 cm³/mol. The Bertz CT molecular complexity index is 1010. The lowest BCUT2D eigenvalue weighted by atomic mass is 9.74. The van der Waals surface area contributed by atoms with E-state index >= 15 is 0 Å². The minimum Gasteiger partial charge on any atom is -0.507 e. The molecule has 0 bridgehead atoms. The molecular weight excluding hydrogens is 368 g/mol. The standard InChI is InChI=1S/C28H32O2/c1-26(2,3)22-17-23-21(24(25(22)29)27(4,5)6)18-28(30-23,19-13-9-7-10-14-19)20-15-11-8-12-16-20/h7-17,29H,18H2,1-6H3. The Morgan fingerprint density at radius 3 is 1.70 bits per heavy atom. The van der Waals surface area contributed by atoms with E-state index in [0.29, 0.717) is 12.2 Å². The maximum absolute atomic E-state index is 11.4. The van der Waals surface area contributed by atoms with E-state index in [0.717, 1.165) is 33.6 Å². The zero-order chi connectivity index (χ0) is 21.7. The summed E-state index contributed by atoms with van der Waals surface area (Å²) in [7, 11) is 0. The maximum Gasteiger partial charge on any atom is 0.163 e.